The first-order valence-electron chi connectivity index (χ1n) is 11.4. The molecule has 1 aromatic rings. The zero-order valence-corrected chi connectivity index (χ0v) is 18.4. The van der Waals surface area contributed by atoms with Crippen LogP contribution in [0.2, 0.25) is 0 Å². The van der Waals surface area contributed by atoms with Crippen molar-refractivity contribution in [3.05, 3.63) is 35.9 Å². The number of urea groups is 1. The fourth-order valence-electron chi connectivity index (χ4n) is 4.92. The van der Waals surface area contributed by atoms with Crippen LogP contribution in [-0.4, -0.2) is 58.3 Å². The number of benzene rings is 1. The number of hydrogen-bond acceptors (Lipinski definition) is 5. The van der Waals surface area contributed by atoms with Crippen LogP contribution in [0, 0.1) is 11.3 Å². The van der Waals surface area contributed by atoms with Gasteiger partial charge < -0.3 is 15.5 Å². The maximum absolute atomic E-state index is 12.9. The summed E-state index contributed by atoms with van der Waals surface area (Å²) in [6.45, 7) is 2.32. The van der Waals surface area contributed by atoms with Gasteiger partial charge in [0.1, 0.15) is 12.4 Å². The van der Waals surface area contributed by atoms with Crippen molar-refractivity contribution in [3.8, 4) is 0 Å². The molecule has 2 bridgehead atoms. The maximum Gasteiger partial charge on any atom is 0.344 e. The van der Waals surface area contributed by atoms with Crippen molar-refractivity contribution >= 4 is 23.7 Å². The van der Waals surface area contributed by atoms with Crippen LogP contribution in [0.25, 0.3) is 0 Å². The number of rotatable bonds is 6. The molecule has 0 spiro atoms. The number of hydrogen-bond donors (Lipinski definition) is 3. The molecule has 3 aliphatic rings. The van der Waals surface area contributed by atoms with E-state index in [1.807, 2.05) is 30.3 Å². The van der Waals surface area contributed by atoms with Gasteiger partial charge in [-0.25, -0.2) is 4.79 Å². The van der Waals surface area contributed by atoms with E-state index < -0.39 is 6.04 Å². The summed E-state index contributed by atoms with van der Waals surface area (Å²) >= 11 is 0. The van der Waals surface area contributed by atoms with Crippen LogP contribution in [0.15, 0.2) is 30.3 Å². The highest BCUT2D eigenvalue weighted by Gasteiger charge is 2.47. The summed E-state index contributed by atoms with van der Waals surface area (Å²) in [5.41, 5.74) is 0.988. The van der Waals surface area contributed by atoms with E-state index in [-0.39, 0.29) is 41.7 Å². The van der Waals surface area contributed by atoms with E-state index in [2.05, 4.69) is 10.6 Å². The maximum atomic E-state index is 12.9. The third-order valence-corrected chi connectivity index (χ3v) is 6.63. The molecule has 9 nitrogen and oxygen atoms in total. The van der Waals surface area contributed by atoms with E-state index in [4.69, 9.17) is 10.2 Å². The van der Waals surface area contributed by atoms with Gasteiger partial charge in [0.2, 0.25) is 11.8 Å². The molecule has 1 saturated carbocycles. The average Bonchev–Trinajstić information content (AvgIpc) is 3.02. The first kappa shape index (κ1) is 22.3. The van der Waals surface area contributed by atoms with Crippen molar-refractivity contribution in [3.63, 3.8) is 0 Å². The lowest BCUT2D eigenvalue weighted by atomic mass is 9.85. The van der Waals surface area contributed by atoms with Crippen LogP contribution >= 0.6 is 0 Å². The summed E-state index contributed by atoms with van der Waals surface area (Å²) in [5.74, 6) is -0.304. The van der Waals surface area contributed by atoms with Crippen LogP contribution in [0.3, 0.4) is 0 Å². The number of hydroxylamine groups is 2. The Kier molecular flexibility index (Phi) is 6.74. The van der Waals surface area contributed by atoms with Gasteiger partial charge in [0.25, 0.3) is 0 Å². The molecule has 3 N–H and O–H groups in total. The molecule has 172 valence electrons. The lowest BCUT2D eigenvalue weighted by molar-refractivity contribution is -0.140. The second-order valence-electron chi connectivity index (χ2n) is 8.92. The van der Waals surface area contributed by atoms with Crippen LogP contribution in [0.5, 0.6) is 0 Å². The monoisotopic (exact) mass is 441 g/mol. The lowest BCUT2D eigenvalue weighted by Crippen LogP contribution is -2.52. The van der Waals surface area contributed by atoms with Gasteiger partial charge in [-0.1, -0.05) is 30.3 Å². The molecule has 2 atom stereocenters. The Balaban J connectivity index is 1.28. The minimum Gasteiger partial charge on any atom is -0.354 e. The number of carbonyl (C=O) groups excluding carboxylic acids is 3. The second-order valence-corrected chi connectivity index (χ2v) is 8.92. The summed E-state index contributed by atoms with van der Waals surface area (Å²) in [7, 11) is 0. The van der Waals surface area contributed by atoms with E-state index in [1.165, 1.54) is 12.0 Å². The third-order valence-electron chi connectivity index (χ3n) is 6.63. The van der Waals surface area contributed by atoms with Crippen molar-refractivity contribution in [2.75, 3.05) is 6.54 Å². The van der Waals surface area contributed by atoms with Gasteiger partial charge in [0.15, 0.2) is 0 Å². The zero-order valence-electron chi connectivity index (χ0n) is 18.4. The molecule has 2 aliphatic heterocycles. The lowest BCUT2D eigenvalue weighted by Gasteiger charge is -2.32. The summed E-state index contributed by atoms with van der Waals surface area (Å²) in [6.07, 6.45) is 4.22. The molecule has 3 fully saturated rings. The predicted molar refractivity (Wildman–Crippen MR) is 117 cm³/mol. The van der Waals surface area contributed by atoms with Crippen LogP contribution in [-0.2, 0) is 21.0 Å². The Hall–Kier alpha value is -2.94. The third kappa shape index (κ3) is 4.93. The van der Waals surface area contributed by atoms with E-state index in [1.54, 1.807) is 4.90 Å². The molecule has 4 rings (SSSR count). The molecule has 9 heteroatoms. The molecule has 1 aliphatic carbocycles. The standard InChI is InChI=1S/C23H31N5O4/c1-15(29)25-18-9-7-17(8-10-18)22(30)26-21(24)20-12-11-19-13-27(20)23(31)28(19)32-14-16-5-3-2-4-6-16/h2-6,17-20H,7-14H2,1H3,(H,25,29)(H2,24,26,30)/t17?,18?,19-,20+/m1/s1. The van der Waals surface area contributed by atoms with Gasteiger partial charge in [0, 0.05) is 25.4 Å². The molecular formula is C23H31N5O4. The van der Waals surface area contributed by atoms with Gasteiger partial charge in [0.05, 0.1) is 12.1 Å². The Labute approximate surface area is 187 Å². The van der Waals surface area contributed by atoms with Crippen LogP contribution in [0.4, 0.5) is 4.79 Å². The fourth-order valence-corrected chi connectivity index (χ4v) is 4.92. The molecule has 0 unspecified atom stereocenters. The van der Waals surface area contributed by atoms with Crippen molar-refractivity contribution in [2.24, 2.45) is 5.92 Å². The smallest absolute Gasteiger partial charge is 0.344 e. The SMILES string of the molecule is CC(=O)NC1CCC(C(=O)NC(=N)[C@@H]2CC[C@@H]3CN2C(=O)N3OCc2ccccc2)CC1. The molecule has 1 aromatic carbocycles. The van der Waals surface area contributed by atoms with Crippen molar-refractivity contribution in [1.82, 2.24) is 20.6 Å². The fraction of sp³-hybridized carbons (Fsp3) is 0.565. The van der Waals surface area contributed by atoms with Gasteiger partial charge in [-0.15, -0.1) is 0 Å². The summed E-state index contributed by atoms with van der Waals surface area (Å²) in [4.78, 5) is 44.3. The zero-order chi connectivity index (χ0) is 22.7. The molecule has 2 saturated heterocycles. The van der Waals surface area contributed by atoms with Crippen molar-refractivity contribution in [1.29, 1.82) is 5.41 Å². The minimum absolute atomic E-state index is 0.0324. The van der Waals surface area contributed by atoms with E-state index in [0.29, 0.717) is 32.4 Å². The average molecular weight is 442 g/mol. The Bertz CT molecular complexity index is 868. The van der Waals surface area contributed by atoms with Crippen molar-refractivity contribution in [2.45, 2.75) is 70.2 Å². The van der Waals surface area contributed by atoms with E-state index in [0.717, 1.165) is 24.8 Å². The summed E-state index contributed by atoms with van der Waals surface area (Å²) < 4.78 is 0. The topological polar surface area (TPSA) is 115 Å². The number of carbonyl (C=O) groups is 3. The summed E-state index contributed by atoms with van der Waals surface area (Å²) in [5, 5.41) is 15.6. The number of nitrogens with zero attached hydrogens (tertiary/aromatic N) is 2. The number of amides is 4. The van der Waals surface area contributed by atoms with Crippen LogP contribution in [0.1, 0.15) is 51.0 Å². The minimum atomic E-state index is -0.441. The van der Waals surface area contributed by atoms with Gasteiger partial charge in [-0.05, 0) is 44.1 Å². The summed E-state index contributed by atoms with van der Waals surface area (Å²) in [6, 6.07) is 9.09. The Morgan fingerprint density at radius 2 is 1.81 bits per heavy atom. The van der Waals surface area contributed by atoms with E-state index >= 15 is 0 Å². The highest BCUT2D eigenvalue weighted by molar-refractivity contribution is 6.01. The molecule has 2 heterocycles. The highest BCUT2D eigenvalue weighted by atomic mass is 16.7. The molecular weight excluding hydrogens is 410 g/mol. The first-order chi connectivity index (χ1) is 15.4. The Morgan fingerprint density at radius 3 is 2.50 bits per heavy atom. The number of fused-ring (bicyclic) bond motifs is 2. The van der Waals surface area contributed by atoms with Crippen molar-refractivity contribution < 1.29 is 19.2 Å². The quantitative estimate of drug-likeness (QED) is 0.464. The molecule has 0 aromatic heterocycles. The number of amidine groups is 1. The number of nitrogens with one attached hydrogen (secondary N) is 3. The first-order valence-corrected chi connectivity index (χ1v) is 11.4. The molecule has 0 radical (unpaired) electrons. The number of piperidine rings is 1. The second kappa shape index (κ2) is 9.68. The van der Waals surface area contributed by atoms with Crippen LogP contribution < -0.4 is 10.6 Å². The molecule has 32 heavy (non-hydrogen) atoms. The van der Waals surface area contributed by atoms with Gasteiger partial charge in [-0.2, -0.15) is 5.06 Å². The normalized spacial score (nSPS) is 27.2. The predicted octanol–water partition coefficient (Wildman–Crippen LogP) is 2.18. The Morgan fingerprint density at radius 1 is 1.09 bits per heavy atom. The van der Waals surface area contributed by atoms with E-state index in [9.17, 15) is 14.4 Å². The van der Waals surface area contributed by atoms with Gasteiger partial charge in [-0.3, -0.25) is 19.8 Å². The van der Waals surface area contributed by atoms with Gasteiger partial charge >= 0.3 is 6.03 Å². The highest BCUT2D eigenvalue weighted by Crippen LogP contribution is 2.31. The molecule has 4 amide bonds. The largest absolute Gasteiger partial charge is 0.354 e.